The van der Waals surface area contributed by atoms with Crippen LogP contribution in [0.4, 0.5) is 0 Å². The average molecular weight is 422 g/mol. The predicted octanol–water partition coefficient (Wildman–Crippen LogP) is 3.57. The Morgan fingerprint density at radius 2 is 2.00 bits per heavy atom. The van der Waals surface area contributed by atoms with E-state index in [2.05, 4.69) is 26.0 Å². The number of halogens is 1. The third kappa shape index (κ3) is 4.05. The molecule has 3 rings (SSSR count). The minimum atomic E-state index is -0.655. The van der Waals surface area contributed by atoms with E-state index in [9.17, 15) is 4.79 Å². The summed E-state index contributed by atoms with van der Waals surface area (Å²) in [5.41, 5.74) is 0.412. The summed E-state index contributed by atoms with van der Waals surface area (Å²) >= 11 is 3.45. The molecule has 2 aromatic rings. The fourth-order valence-electron chi connectivity index (χ4n) is 3.23. The molecule has 0 amide bonds. The maximum Gasteiger partial charge on any atom is 0.168 e. The Morgan fingerprint density at radius 1 is 1.31 bits per heavy atom. The predicted molar refractivity (Wildman–Crippen MR) is 101 cm³/mol. The summed E-state index contributed by atoms with van der Waals surface area (Å²) in [6, 6.07) is 7.55. The molecule has 26 heavy (non-hydrogen) atoms. The largest absolute Gasteiger partial charge is 0.352 e. The number of rotatable bonds is 7. The highest BCUT2D eigenvalue weighted by Gasteiger charge is 2.45. The van der Waals surface area contributed by atoms with Crippen molar-refractivity contribution in [2.75, 3.05) is 13.2 Å². The van der Waals surface area contributed by atoms with Gasteiger partial charge in [-0.05, 0) is 30.5 Å². The van der Waals surface area contributed by atoms with Crippen LogP contribution in [0.3, 0.4) is 0 Å². The van der Waals surface area contributed by atoms with E-state index in [-0.39, 0.29) is 12.1 Å². The molecule has 1 aromatic heterocycles. The molecule has 1 aliphatic rings. The molecule has 1 unspecified atom stereocenters. The van der Waals surface area contributed by atoms with Crippen LogP contribution in [0.25, 0.3) is 0 Å². The fourth-order valence-corrected chi connectivity index (χ4v) is 3.50. The first-order valence-electron chi connectivity index (χ1n) is 8.94. The number of ketones is 1. The fraction of sp³-hybridized carbons (Fsp3) is 0.526. The Kier molecular flexibility index (Phi) is 6.21. The third-order valence-electron chi connectivity index (χ3n) is 5.02. The second kappa shape index (κ2) is 8.41. The van der Waals surface area contributed by atoms with Gasteiger partial charge in [-0.15, -0.1) is 0 Å². The highest BCUT2D eigenvalue weighted by Crippen LogP contribution is 2.35. The first kappa shape index (κ1) is 19.2. The topological polar surface area (TPSA) is 66.2 Å². The van der Waals surface area contributed by atoms with Gasteiger partial charge in [-0.1, -0.05) is 41.9 Å². The molecule has 0 bridgehead atoms. The van der Waals surface area contributed by atoms with Crippen LogP contribution in [-0.4, -0.2) is 40.1 Å². The number of nitrogens with zero attached hydrogens (tertiary/aromatic N) is 3. The van der Waals surface area contributed by atoms with Gasteiger partial charge in [0.05, 0.1) is 18.6 Å². The van der Waals surface area contributed by atoms with Crippen LogP contribution in [0, 0.1) is 5.41 Å². The second-order valence-corrected chi connectivity index (χ2v) is 7.60. The van der Waals surface area contributed by atoms with Crippen molar-refractivity contribution < 1.29 is 14.3 Å². The van der Waals surface area contributed by atoms with Crippen LogP contribution in [0.15, 0.2) is 41.4 Å². The van der Waals surface area contributed by atoms with E-state index >= 15 is 0 Å². The van der Waals surface area contributed by atoms with Gasteiger partial charge in [0.1, 0.15) is 18.7 Å². The van der Waals surface area contributed by atoms with Crippen molar-refractivity contribution in [3.05, 3.63) is 47.0 Å². The molecule has 0 aliphatic carbocycles. The normalized spacial score (nSPS) is 24.3. The summed E-state index contributed by atoms with van der Waals surface area (Å²) in [4.78, 5) is 17.6. The van der Waals surface area contributed by atoms with Gasteiger partial charge in [-0.2, -0.15) is 5.10 Å². The third-order valence-corrected chi connectivity index (χ3v) is 5.55. The van der Waals surface area contributed by atoms with E-state index in [1.165, 1.54) is 6.33 Å². The quantitative estimate of drug-likeness (QED) is 0.683. The Hall–Kier alpha value is -1.57. The van der Waals surface area contributed by atoms with Crippen LogP contribution in [0.2, 0.25) is 0 Å². The molecule has 1 aromatic carbocycles. The van der Waals surface area contributed by atoms with Crippen LogP contribution in [0.5, 0.6) is 0 Å². The first-order valence-corrected chi connectivity index (χ1v) is 9.73. The molecule has 140 valence electrons. The summed E-state index contributed by atoms with van der Waals surface area (Å²) in [6.07, 6.45) is 4.83. The van der Waals surface area contributed by atoms with Crippen LogP contribution >= 0.6 is 15.9 Å². The molecule has 0 N–H and O–H groups in total. The van der Waals surface area contributed by atoms with Crippen molar-refractivity contribution in [1.29, 1.82) is 0 Å². The lowest BCUT2D eigenvalue weighted by molar-refractivity contribution is -0.228. The van der Waals surface area contributed by atoms with Crippen molar-refractivity contribution in [1.82, 2.24) is 14.8 Å². The molecule has 0 radical (unpaired) electrons. The minimum Gasteiger partial charge on any atom is -0.352 e. The van der Waals surface area contributed by atoms with Crippen molar-refractivity contribution in [2.45, 2.75) is 45.4 Å². The number of ether oxygens (including phenoxy) is 2. The highest BCUT2D eigenvalue weighted by molar-refractivity contribution is 9.10. The van der Waals surface area contributed by atoms with Gasteiger partial charge in [0.2, 0.25) is 0 Å². The lowest BCUT2D eigenvalue weighted by Crippen LogP contribution is -2.49. The van der Waals surface area contributed by atoms with Gasteiger partial charge in [-0.3, -0.25) is 4.79 Å². The van der Waals surface area contributed by atoms with Crippen molar-refractivity contribution in [2.24, 2.45) is 5.41 Å². The SMILES string of the molecule is CCC1OCC(CC)(C(=O)C(Cc2ccc(Br)cc2)n2cncn2)CO1. The van der Waals surface area contributed by atoms with Gasteiger partial charge in [-0.25, -0.2) is 9.67 Å². The molecule has 7 heteroatoms. The van der Waals surface area contributed by atoms with Gasteiger partial charge < -0.3 is 9.47 Å². The number of carbonyl (C=O) groups is 1. The highest BCUT2D eigenvalue weighted by atomic mass is 79.9. The zero-order valence-corrected chi connectivity index (χ0v) is 16.7. The molecule has 1 fully saturated rings. The number of Topliss-reactive ketones (excluding diaryl/α,β-unsaturated/α-hetero) is 1. The molecular weight excluding hydrogens is 398 g/mol. The molecule has 1 atom stereocenters. The standard InChI is InChI=1S/C19H24BrN3O3/c1-3-17-25-10-19(4-2,11-26-17)18(24)16(23-13-21-12-22-23)9-14-5-7-15(20)8-6-14/h5-8,12-13,16-17H,3-4,9-11H2,1-2H3. The van der Waals surface area contributed by atoms with Crippen molar-refractivity contribution in [3.8, 4) is 0 Å². The Bertz CT molecular complexity index is 710. The van der Waals surface area contributed by atoms with Crippen molar-refractivity contribution >= 4 is 21.7 Å². The minimum absolute atomic E-state index is 0.0861. The zero-order chi connectivity index (χ0) is 18.6. The number of carbonyl (C=O) groups excluding carboxylic acids is 1. The smallest absolute Gasteiger partial charge is 0.168 e. The second-order valence-electron chi connectivity index (χ2n) is 6.68. The van der Waals surface area contributed by atoms with Gasteiger partial charge >= 0.3 is 0 Å². The van der Waals surface area contributed by atoms with E-state index in [1.807, 2.05) is 38.1 Å². The lowest BCUT2D eigenvalue weighted by Gasteiger charge is -2.39. The summed E-state index contributed by atoms with van der Waals surface area (Å²) in [5.74, 6) is 0.0861. The molecule has 0 saturated carbocycles. The van der Waals surface area contributed by atoms with Gasteiger partial charge in [0.15, 0.2) is 12.1 Å². The van der Waals surface area contributed by atoms with Crippen LogP contribution in [0.1, 0.15) is 38.3 Å². The first-order chi connectivity index (χ1) is 12.6. The number of hydrogen-bond donors (Lipinski definition) is 0. The molecule has 2 heterocycles. The molecular formula is C19H24BrN3O3. The number of benzene rings is 1. The van der Waals surface area contributed by atoms with E-state index < -0.39 is 11.5 Å². The summed E-state index contributed by atoms with van der Waals surface area (Å²) in [5, 5.41) is 4.24. The molecule has 1 aliphatic heterocycles. The zero-order valence-electron chi connectivity index (χ0n) is 15.1. The summed E-state index contributed by atoms with van der Waals surface area (Å²) < 4.78 is 14.2. The maximum absolute atomic E-state index is 13.6. The summed E-state index contributed by atoms with van der Waals surface area (Å²) in [7, 11) is 0. The van der Waals surface area contributed by atoms with Gasteiger partial charge in [0, 0.05) is 10.9 Å². The van der Waals surface area contributed by atoms with Crippen molar-refractivity contribution in [3.63, 3.8) is 0 Å². The number of hydrogen-bond acceptors (Lipinski definition) is 5. The van der Waals surface area contributed by atoms with Crippen LogP contribution in [-0.2, 0) is 20.7 Å². The van der Waals surface area contributed by atoms with E-state index in [1.54, 1.807) is 11.0 Å². The van der Waals surface area contributed by atoms with Gasteiger partial charge in [0.25, 0.3) is 0 Å². The maximum atomic E-state index is 13.6. The van der Waals surface area contributed by atoms with E-state index in [4.69, 9.17) is 9.47 Å². The van der Waals surface area contributed by atoms with E-state index in [0.29, 0.717) is 26.1 Å². The lowest BCUT2D eigenvalue weighted by atomic mass is 9.77. The Morgan fingerprint density at radius 3 is 2.54 bits per heavy atom. The summed E-state index contributed by atoms with van der Waals surface area (Å²) in [6.45, 7) is 4.78. The monoisotopic (exact) mass is 421 g/mol. The Balaban J connectivity index is 1.86. The molecule has 1 saturated heterocycles. The molecule has 0 spiro atoms. The van der Waals surface area contributed by atoms with E-state index in [0.717, 1.165) is 16.5 Å². The Labute approximate surface area is 162 Å². The average Bonchev–Trinajstić information content (AvgIpc) is 3.21. The number of aromatic nitrogens is 3. The molecule has 6 nitrogen and oxygen atoms in total. The van der Waals surface area contributed by atoms with Crippen LogP contribution < -0.4 is 0 Å².